The van der Waals surface area contributed by atoms with E-state index in [1.165, 1.54) is 17.5 Å². The van der Waals surface area contributed by atoms with Crippen LogP contribution in [0, 0.1) is 26.7 Å². The summed E-state index contributed by atoms with van der Waals surface area (Å²) in [5, 5.41) is 0. The standard InChI is InChI=1S/C36H45NO3/c1-6-8-12-28(7-2)24-40-36(39)31-15-16-33-30(23-31)17-19-37(33)20-18-32(29-13-10-9-11-14-29)35(38)34-26(4)21-25(3)22-27(34)5/h9-11,13-16,21-23,28,32H,6-8,12,17-20,24H2,1-5H3. The van der Waals surface area contributed by atoms with E-state index in [4.69, 9.17) is 4.74 Å². The fourth-order valence-corrected chi connectivity index (χ4v) is 6.17. The third-order valence-electron chi connectivity index (χ3n) is 8.43. The number of rotatable bonds is 13. The number of nitrogens with zero attached hydrogens (tertiary/aromatic N) is 1. The average Bonchev–Trinajstić information content (AvgIpc) is 3.35. The molecule has 0 N–H and O–H groups in total. The van der Waals surface area contributed by atoms with Crippen molar-refractivity contribution in [3.63, 3.8) is 0 Å². The van der Waals surface area contributed by atoms with Gasteiger partial charge in [0.1, 0.15) is 0 Å². The van der Waals surface area contributed by atoms with E-state index >= 15 is 0 Å². The Kier molecular flexibility index (Phi) is 10.2. The number of anilines is 1. The van der Waals surface area contributed by atoms with Crippen LogP contribution in [-0.2, 0) is 11.2 Å². The molecular weight excluding hydrogens is 494 g/mol. The zero-order valence-corrected chi connectivity index (χ0v) is 25.0. The molecule has 4 nitrogen and oxygen atoms in total. The topological polar surface area (TPSA) is 46.6 Å². The molecule has 3 aromatic carbocycles. The van der Waals surface area contributed by atoms with Gasteiger partial charge in [-0.15, -0.1) is 0 Å². The van der Waals surface area contributed by atoms with E-state index in [-0.39, 0.29) is 17.7 Å². The van der Waals surface area contributed by atoms with Crippen molar-refractivity contribution in [1.29, 1.82) is 0 Å². The van der Waals surface area contributed by atoms with Crippen LogP contribution >= 0.6 is 0 Å². The summed E-state index contributed by atoms with van der Waals surface area (Å²) in [5.41, 5.74) is 8.16. The predicted octanol–water partition coefficient (Wildman–Crippen LogP) is 8.40. The van der Waals surface area contributed by atoms with Gasteiger partial charge >= 0.3 is 5.97 Å². The Bertz CT molecular complexity index is 1290. The molecule has 0 saturated heterocycles. The smallest absolute Gasteiger partial charge is 0.338 e. The molecule has 4 rings (SSSR count). The molecule has 1 heterocycles. The van der Waals surface area contributed by atoms with Crippen molar-refractivity contribution < 1.29 is 14.3 Å². The minimum atomic E-state index is -0.227. The zero-order valence-electron chi connectivity index (χ0n) is 25.0. The lowest BCUT2D eigenvalue weighted by Gasteiger charge is -2.24. The zero-order chi connectivity index (χ0) is 28.6. The van der Waals surface area contributed by atoms with E-state index in [1.54, 1.807) is 0 Å². The van der Waals surface area contributed by atoms with Crippen molar-refractivity contribution >= 4 is 17.4 Å². The molecule has 0 amide bonds. The molecule has 0 spiro atoms. The molecule has 0 bridgehead atoms. The number of ether oxygens (including phenoxy) is 1. The van der Waals surface area contributed by atoms with Gasteiger partial charge in [-0.05, 0) is 86.4 Å². The monoisotopic (exact) mass is 539 g/mol. The molecule has 0 radical (unpaired) electrons. The van der Waals surface area contributed by atoms with Gasteiger partial charge in [-0.3, -0.25) is 4.79 Å². The lowest BCUT2D eigenvalue weighted by Crippen LogP contribution is -2.26. The third kappa shape index (κ3) is 7.02. The molecule has 40 heavy (non-hydrogen) atoms. The van der Waals surface area contributed by atoms with Crippen molar-refractivity contribution in [3.05, 3.63) is 99.6 Å². The number of Topliss-reactive ketones (excluding diaryl/α,β-unsaturated/α-hetero) is 1. The van der Waals surface area contributed by atoms with Crippen molar-refractivity contribution in [1.82, 2.24) is 0 Å². The third-order valence-corrected chi connectivity index (χ3v) is 8.43. The Morgan fingerprint density at radius 1 is 0.925 bits per heavy atom. The number of ketones is 1. The molecule has 0 fully saturated rings. The van der Waals surface area contributed by atoms with Crippen LogP contribution in [-0.4, -0.2) is 31.4 Å². The highest BCUT2D eigenvalue weighted by atomic mass is 16.5. The second-order valence-corrected chi connectivity index (χ2v) is 11.5. The van der Waals surface area contributed by atoms with Gasteiger partial charge in [0.25, 0.3) is 0 Å². The lowest BCUT2D eigenvalue weighted by molar-refractivity contribution is 0.0428. The summed E-state index contributed by atoms with van der Waals surface area (Å²) >= 11 is 0. The van der Waals surface area contributed by atoms with Crippen molar-refractivity contribution in [3.8, 4) is 0 Å². The van der Waals surface area contributed by atoms with Crippen molar-refractivity contribution in [2.75, 3.05) is 24.6 Å². The van der Waals surface area contributed by atoms with E-state index in [1.807, 2.05) is 44.2 Å². The average molecular weight is 540 g/mol. The molecule has 0 aliphatic carbocycles. The molecule has 2 atom stereocenters. The van der Waals surface area contributed by atoms with Crippen molar-refractivity contribution in [2.24, 2.45) is 5.92 Å². The molecule has 3 aromatic rings. The summed E-state index contributed by atoms with van der Waals surface area (Å²) in [6, 6.07) is 20.3. The Morgan fingerprint density at radius 3 is 2.33 bits per heavy atom. The van der Waals surface area contributed by atoms with Gasteiger partial charge in [-0.1, -0.05) is 81.1 Å². The summed E-state index contributed by atoms with van der Waals surface area (Å²) in [6.07, 6.45) is 6.10. The van der Waals surface area contributed by atoms with Gasteiger partial charge in [0, 0.05) is 30.3 Å². The van der Waals surface area contributed by atoms with Crippen LogP contribution in [0.25, 0.3) is 0 Å². The summed E-state index contributed by atoms with van der Waals surface area (Å²) in [5.74, 6) is 0.193. The summed E-state index contributed by atoms with van der Waals surface area (Å²) in [7, 11) is 0. The SMILES string of the molecule is CCCCC(CC)COC(=O)c1ccc2c(c1)CCN2CCC(C(=O)c1c(C)cc(C)cc1C)c1ccccc1. The molecule has 4 heteroatoms. The molecule has 1 aliphatic rings. The molecule has 1 aliphatic heterocycles. The first-order valence-corrected chi connectivity index (χ1v) is 15.0. The second-order valence-electron chi connectivity index (χ2n) is 11.5. The maximum atomic E-state index is 14.0. The number of benzene rings is 3. The number of carbonyl (C=O) groups is 2. The number of hydrogen-bond acceptors (Lipinski definition) is 4. The van der Waals surface area contributed by atoms with E-state index in [2.05, 4.69) is 56.0 Å². The Balaban J connectivity index is 1.46. The summed E-state index contributed by atoms with van der Waals surface area (Å²) in [6.45, 7) is 12.7. The van der Waals surface area contributed by atoms with E-state index < -0.39 is 0 Å². The fourth-order valence-electron chi connectivity index (χ4n) is 6.17. The van der Waals surface area contributed by atoms with Crippen LogP contribution in [0.1, 0.15) is 100 Å². The number of aryl methyl sites for hydroxylation is 3. The number of esters is 1. The van der Waals surface area contributed by atoms with Gasteiger partial charge in [0.05, 0.1) is 12.2 Å². The Labute approximate surface area is 240 Å². The van der Waals surface area contributed by atoms with Crippen LogP contribution in [0.5, 0.6) is 0 Å². The first kappa shape index (κ1) is 29.6. The highest BCUT2D eigenvalue weighted by Crippen LogP contribution is 2.33. The number of fused-ring (bicyclic) bond motifs is 1. The Hall–Kier alpha value is -3.40. The first-order chi connectivity index (χ1) is 19.3. The minimum Gasteiger partial charge on any atom is -0.462 e. The van der Waals surface area contributed by atoms with E-state index in [0.717, 1.165) is 73.1 Å². The van der Waals surface area contributed by atoms with Crippen molar-refractivity contribution in [2.45, 2.75) is 79.1 Å². The lowest BCUT2D eigenvalue weighted by atomic mass is 9.84. The maximum absolute atomic E-state index is 14.0. The van der Waals surface area contributed by atoms with E-state index in [0.29, 0.717) is 18.1 Å². The first-order valence-electron chi connectivity index (χ1n) is 15.0. The molecule has 212 valence electrons. The van der Waals surface area contributed by atoms with Crippen LogP contribution in [0.4, 0.5) is 5.69 Å². The highest BCUT2D eigenvalue weighted by Gasteiger charge is 2.27. The summed E-state index contributed by atoms with van der Waals surface area (Å²) in [4.78, 5) is 29.2. The van der Waals surface area contributed by atoms with Crippen LogP contribution in [0.2, 0.25) is 0 Å². The molecular formula is C36H45NO3. The largest absolute Gasteiger partial charge is 0.462 e. The van der Waals surface area contributed by atoms with Gasteiger partial charge in [-0.25, -0.2) is 4.79 Å². The minimum absolute atomic E-state index is 0.197. The quantitative estimate of drug-likeness (QED) is 0.162. The molecule has 0 saturated carbocycles. The maximum Gasteiger partial charge on any atom is 0.338 e. The van der Waals surface area contributed by atoms with Crippen LogP contribution < -0.4 is 4.90 Å². The normalized spacial score (nSPS) is 14.1. The van der Waals surface area contributed by atoms with Crippen LogP contribution in [0.15, 0.2) is 60.7 Å². The van der Waals surface area contributed by atoms with E-state index in [9.17, 15) is 9.59 Å². The van der Waals surface area contributed by atoms with Gasteiger partial charge in [0.15, 0.2) is 5.78 Å². The second kappa shape index (κ2) is 13.8. The fraction of sp³-hybridized carbons (Fsp3) is 0.444. The van der Waals surface area contributed by atoms with Gasteiger partial charge < -0.3 is 9.64 Å². The van der Waals surface area contributed by atoms with Crippen LogP contribution in [0.3, 0.4) is 0 Å². The summed E-state index contributed by atoms with van der Waals surface area (Å²) < 4.78 is 5.70. The van der Waals surface area contributed by atoms with Gasteiger partial charge in [-0.2, -0.15) is 0 Å². The molecule has 2 unspecified atom stereocenters. The molecule has 0 aromatic heterocycles. The Morgan fingerprint density at radius 2 is 1.65 bits per heavy atom. The number of unbranched alkanes of at least 4 members (excludes halogenated alkanes) is 1. The highest BCUT2D eigenvalue weighted by molar-refractivity contribution is 6.03. The predicted molar refractivity (Wildman–Crippen MR) is 165 cm³/mol. The number of carbonyl (C=O) groups excluding carboxylic acids is 2. The van der Waals surface area contributed by atoms with Gasteiger partial charge in [0.2, 0.25) is 0 Å². The number of hydrogen-bond donors (Lipinski definition) is 0.